The molecule has 8 bridgehead atoms. The molecule has 6 aliphatic rings. The minimum Gasteiger partial charge on any atom is -0.756 e. The van der Waals surface area contributed by atoms with E-state index < -0.39 is 137 Å². The molecule has 2 fully saturated rings. The van der Waals surface area contributed by atoms with Crippen LogP contribution in [0.5, 0.6) is 0 Å². The number of phosphoric acid groups is 1. The van der Waals surface area contributed by atoms with E-state index in [4.69, 9.17) is 74.6 Å². The van der Waals surface area contributed by atoms with Crippen LogP contribution in [0.3, 0.4) is 0 Å². The molecule has 30 heteroatoms. The van der Waals surface area contributed by atoms with E-state index in [0.29, 0.717) is 56.4 Å². The number of allylic oxidation sites excluding steroid dienone is 6. The maximum absolute atomic E-state index is 14.4. The number of nitrogens with one attached hydrogen (secondary N) is 2. The van der Waals surface area contributed by atoms with Gasteiger partial charge in [-0.3, -0.25) is 53.1 Å². The first kappa shape index (κ1) is 76.0. The fourth-order valence-corrected chi connectivity index (χ4v) is 16.6. The molecule has 15 atom stereocenters. The number of rotatable bonds is 26. The number of phosphoric ester groups is 1. The smallest absolute Gasteiger partial charge is 0.756 e. The zero-order valence-electron chi connectivity index (χ0n) is 55.4. The number of aliphatic hydroxyl groups excluding tert-OH is 2. The SMILES string of the molecule is CNC(=O)CC[C@@H]1C2=NC(=C\C3=NC(=C(/C)C4=N[C@@](C)(C5[N-]/C(=C\2C)[C@](C)(CCC(=O)NC[C@@H](C)OP(=O)([O-])O[C@H]2[C@@H](O)[C@@H](n6cnc7cc(C)c(C)cc76)O[C@@H]2CO)[C@H]5CC(N)=O)[C@@](C)(CC(N)=O)[C@@H]4CCC(N)=O)/[C@@](C)(CC(N)=O)[C@@H]3CCC(N)=O)/C1(C)C.[C-]#N.[Co+3]. The zero-order chi connectivity index (χ0) is 69.4. The second kappa shape index (κ2) is 29.1. The summed E-state index contributed by atoms with van der Waals surface area (Å²) in [7, 11) is -3.78. The number of nitrogens with two attached hydrogens (primary N) is 5. The van der Waals surface area contributed by atoms with E-state index in [2.05, 4.69) is 15.6 Å². The van der Waals surface area contributed by atoms with E-state index in [-0.39, 0.29) is 99.9 Å². The minimum atomic E-state index is -5.32. The first-order chi connectivity index (χ1) is 43.4. The Bertz CT molecular complexity index is 3620. The van der Waals surface area contributed by atoms with Gasteiger partial charge in [0.05, 0.1) is 41.3 Å². The molecule has 7 heterocycles. The van der Waals surface area contributed by atoms with Crippen LogP contribution in [0.1, 0.15) is 150 Å². The molecule has 2 saturated heterocycles. The van der Waals surface area contributed by atoms with Gasteiger partial charge in [-0.2, -0.15) is 5.70 Å². The topological polar surface area (TPSA) is 475 Å². The van der Waals surface area contributed by atoms with Gasteiger partial charge in [-0.15, -0.1) is 0 Å². The summed E-state index contributed by atoms with van der Waals surface area (Å²) in [5.41, 5.74) is 31.1. The number of hydrogen-bond donors (Lipinski definition) is 9. The first-order valence-electron chi connectivity index (χ1n) is 31.2. The van der Waals surface area contributed by atoms with Crippen molar-refractivity contribution in [2.24, 2.45) is 89.0 Å². The molecular formula is C64H90CoN14O14P. The molecule has 14 N–H and O–H groups in total. The Morgan fingerprint density at radius 2 is 1.43 bits per heavy atom. The summed E-state index contributed by atoms with van der Waals surface area (Å²) >= 11 is 0. The average molecular weight is 1370 g/mol. The molecule has 1 aromatic carbocycles. The van der Waals surface area contributed by atoms with Crippen LogP contribution in [0.25, 0.3) is 16.4 Å². The molecule has 28 nitrogen and oxygen atoms in total. The number of aliphatic imine (C=N–C) groups is 3. The fraction of sp³-hybridized carbons (Fsp3) is 0.625. The standard InChI is InChI=1S/C63H92N13O14P.CN.Co/c1-30-21-40-41(22-31(30)2)76(29-71-40)58-53(85)54(42(28-77)88-58)90-91(86,87)89-32(3)27-70-50(84)19-20-60(8)38(23-46(66)80)57-63(11)62(10,26-48(68)82)37(14-17-45(65)79)52(75-63)34(5)56-61(9,25-47(67)81)35(13-16-44(64)78)39(72-56)24-43-59(6,7)36(15-18-49(83)69-12)51(73-43)33(4)55(60)74-57;1-2;/h21-22,24,29,32,35-38,42,53-54,57-58,77,85H,13-20,23,25-28H2,1-12H3,(H14,64,65,66,67,68,69,70,72,73,74,75,78,79,80,81,82,83,84,86,87);;/q;-1;+3/p-2/t32-,35-,36-,37-,38+,42-,53-,54-,57?,58+,60-,61+,62+,63+;;/m1../s1. The molecule has 0 saturated carbocycles. The summed E-state index contributed by atoms with van der Waals surface area (Å²) in [5.74, 6) is -6.96. The van der Waals surface area contributed by atoms with Gasteiger partial charge >= 0.3 is 16.8 Å². The van der Waals surface area contributed by atoms with Gasteiger partial charge in [-0.1, -0.05) is 40.7 Å². The second-order valence-corrected chi connectivity index (χ2v) is 28.5. The first-order valence-corrected chi connectivity index (χ1v) is 32.6. The van der Waals surface area contributed by atoms with E-state index in [9.17, 15) is 53.2 Å². The van der Waals surface area contributed by atoms with Crippen molar-refractivity contribution in [3.63, 3.8) is 0 Å². The summed E-state index contributed by atoms with van der Waals surface area (Å²) in [6.45, 7) is 23.9. The number of primary amides is 5. The summed E-state index contributed by atoms with van der Waals surface area (Å²) in [6, 6.07) is 2.67. The van der Waals surface area contributed by atoms with E-state index in [0.717, 1.165) is 11.1 Å². The van der Waals surface area contributed by atoms with Gasteiger partial charge in [-0.25, -0.2) is 4.98 Å². The predicted molar refractivity (Wildman–Crippen MR) is 341 cm³/mol. The quantitative estimate of drug-likeness (QED) is 0.0479. The number of aryl methyl sites for hydroxylation is 2. The van der Waals surface area contributed by atoms with Crippen LogP contribution in [-0.2, 0) is 68.7 Å². The molecule has 94 heavy (non-hydrogen) atoms. The number of imidazole rings is 1. The van der Waals surface area contributed by atoms with Gasteiger partial charge in [-0.05, 0) is 119 Å². The van der Waals surface area contributed by atoms with Crippen LogP contribution in [0.2, 0.25) is 0 Å². The Kier molecular flexibility index (Phi) is 23.6. The zero-order valence-corrected chi connectivity index (χ0v) is 57.3. The number of fused-ring (bicyclic) bond motifs is 7. The molecule has 7 amide bonds. The van der Waals surface area contributed by atoms with E-state index in [1.54, 1.807) is 14.0 Å². The van der Waals surface area contributed by atoms with Crippen LogP contribution in [0.4, 0.5) is 0 Å². The van der Waals surface area contributed by atoms with Crippen molar-refractivity contribution in [3.8, 4) is 0 Å². The number of carbonyl (C=O) groups excluding carboxylic acids is 7. The maximum atomic E-state index is 14.4. The number of nitrogens with zero attached hydrogens (tertiary/aromatic N) is 7. The molecule has 6 aliphatic heterocycles. The van der Waals surface area contributed by atoms with Crippen LogP contribution in [-0.4, -0.2) is 134 Å². The molecule has 1 aromatic heterocycles. The van der Waals surface area contributed by atoms with Crippen molar-refractivity contribution >= 4 is 77.3 Å². The van der Waals surface area contributed by atoms with Crippen molar-refractivity contribution in [2.75, 3.05) is 20.2 Å². The van der Waals surface area contributed by atoms with Crippen molar-refractivity contribution in [1.82, 2.24) is 20.2 Å². The number of carbonyl (C=O) groups is 7. The molecule has 0 radical (unpaired) electrons. The second-order valence-electron chi connectivity index (χ2n) is 27.2. The van der Waals surface area contributed by atoms with Gasteiger partial charge in [0.2, 0.25) is 41.4 Å². The third kappa shape index (κ3) is 14.7. The molecule has 0 spiro atoms. The average Bonchev–Trinajstić information content (AvgIpc) is 1.53. The van der Waals surface area contributed by atoms with Gasteiger partial charge in [0, 0.05) is 115 Å². The molecule has 8 rings (SSSR count). The Morgan fingerprint density at radius 3 is 2.01 bits per heavy atom. The Hall–Kier alpha value is -7.00. The summed E-state index contributed by atoms with van der Waals surface area (Å²) < 4.78 is 31.9. The van der Waals surface area contributed by atoms with E-state index in [1.165, 1.54) is 17.8 Å². The van der Waals surface area contributed by atoms with Crippen molar-refractivity contribution < 1.29 is 83.8 Å². The van der Waals surface area contributed by atoms with Crippen LogP contribution in [0.15, 0.2) is 67.8 Å². The minimum absolute atomic E-state index is 0. The number of benzene rings is 1. The number of aromatic nitrogens is 2. The Balaban J connectivity index is 0.00000462. The van der Waals surface area contributed by atoms with Crippen LogP contribution < -0.4 is 44.2 Å². The maximum Gasteiger partial charge on any atom is 3.00 e. The molecule has 2 unspecified atom stereocenters. The van der Waals surface area contributed by atoms with E-state index in [1.807, 2.05) is 80.5 Å². The van der Waals surface area contributed by atoms with Gasteiger partial charge < -0.3 is 89.9 Å². The Morgan fingerprint density at radius 1 is 0.819 bits per heavy atom. The third-order valence-electron chi connectivity index (χ3n) is 20.7. The van der Waals surface area contributed by atoms with Crippen LogP contribution >= 0.6 is 7.82 Å². The van der Waals surface area contributed by atoms with Crippen molar-refractivity contribution in [2.45, 2.75) is 189 Å². The Labute approximate surface area is 558 Å². The van der Waals surface area contributed by atoms with E-state index >= 15 is 0 Å². The van der Waals surface area contributed by atoms with Crippen LogP contribution in [0, 0.1) is 71.0 Å². The van der Waals surface area contributed by atoms with Gasteiger partial charge in [0.25, 0.3) is 7.82 Å². The summed E-state index contributed by atoms with van der Waals surface area (Å²) in [6.07, 6.45) is -4.47. The molecular weight excluding hydrogens is 1280 g/mol. The summed E-state index contributed by atoms with van der Waals surface area (Å²) in [5, 5.41) is 39.1. The van der Waals surface area contributed by atoms with Crippen molar-refractivity contribution in [1.29, 1.82) is 5.26 Å². The molecule has 514 valence electrons. The summed E-state index contributed by atoms with van der Waals surface area (Å²) in [4.78, 5) is 129. The molecule has 0 aliphatic carbocycles. The normalized spacial score (nSPS) is 32.9. The number of amides is 7. The monoisotopic (exact) mass is 1370 g/mol. The number of hydrogen-bond acceptors (Lipinski definition) is 19. The van der Waals surface area contributed by atoms with Gasteiger partial charge in [0.1, 0.15) is 18.3 Å². The van der Waals surface area contributed by atoms with Gasteiger partial charge in [0.15, 0.2) is 6.23 Å². The molecule has 2 aromatic rings. The number of ether oxygens (including phenoxy) is 1. The van der Waals surface area contributed by atoms with Crippen molar-refractivity contribution in [3.05, 3.63) is 75.8 Å². The number of aliphatic hydroxyl groups is 2. The predicted octanol–water partition coefficient (Wildman–Crippen LogP) is 3.67. The largest absolute Gasteiger partial charge is 3.00 e. The third-order valence-corrected chi connectivity index (χ3v) is 21.9. The fourth-order valence-electron chi connectivity index (χ4n) is 15.4.